The maximum absolute atomic E-state index is 13.5. The van der Waals surface area contributed by atoms with Crippen LogP contribution in [0.15, 0.2) is 36.4 Å². The molecule has 0 fully saturated rings. The lowest BCUT2D eigenvalue weighted by Gasteiger charge is -2.18. The maximum atomic E-state index is 13.5. The summed E-state index contributed by atoms with van der Waals surface area (Å²) in [5.74, 6) is 0.0369. The summed E-state index contributed by atoms with van der Waals surface area (Å²) >= 11 is 5.85. The van der Waals surface area contributed by atoms with Crippen molar-refractivity contribution in [3.05, 3.63) is 52.7 Å². The van der Waals surface area contributed by atoms with Crippen molar-refractivity contribution in [1.29, 1.82) is 0 Å². The molecule has 176 valence electrons. The van der Waals surface area contributed by atoms with Crippen molar-refractivity contribution in [3.63, 3.8) is 0 Å². The Bertz CT molecular complexity index is 1290. The van der Waals surface area contributed by atoms with Crippen molar-refractivity contribution in [2.75, 3.05) is 16.3 Å². The van der Waals surface area contributed by atoms with Crippen LogP contribution in [0.4, 0.5) is 25.1 Å². The van der Waals surface area contributed by atoms with Crippen LogP contribution in [0.1, 0.15) is 17.4 Å². The zero-order chi connectivity index (χ0) is 24.3. The monoisotopic (exact) mass is 500 g/mol. The van der Waals surface area contributed by atoms with Gasteiger partial charge in [0, 0.05) is 12.1 Å². The summed E-state index contributed by atoms with van der Waals surface area (Å²) in [5, 5.41) is 10.3. The van der Waals surface area contributed by atoms with E-state index in [1.54, 1.807) is 6.92 Å². The van der Waals surface area contributed by atoms with E-state index in [1.807, 2.05) is 0 Å². The fraction of sp³-hybridized carbons (Fsp3) is 0.263. The summed E-state index contributed by atoms with van der Waals surface area (Å²) in [6.07, 6.45) is -5.01. The molecule has 1 aromatic carbocycles. The second kappa shape index (κ2) is 9.67. The highest BCUT2D eigenvalue weighted by molar-refractivity contribution is 7.92. The Labute approximate surface area is 193 Å². The van der Waals surface area contributed by atoms with Crippen molar-refractivity contribution in [3.8, 4) is 11.4 Å². The van der Waals surface area contributed by atoms with Crippen LogP contribution in [-0.2, 0) is 21.8 Å². The number of carbonyl (C=O) groups excluding carboxylic acids is 1. The lowest BCUT2D eigenvalue weighted by Crippen LogP contribution is -2.23. The van der Waals surface area contributed by atoms with Gasteiger partial charge in [-0.1, -0.05) is 28.9 Å². The molecule has 3 rings (SSSR count). The van der Waals surface area contributed by atoms with E-state index >= 15 is 0 Å². The van der Waals surface area contributed by atoms with Gasteiger partial charge in [0.15, 0.2) is 17.6 Å². The molecule has 0 spiro atoms. The first-order valence-electron chi connectivity index (χ1n) is 9.31. The number of rotatable bonds is 7. The first-order valence-corrected chi connectivity index (χ1v) is 11.6. The number of nitrogens with zero attached hydrogens (tertiary/aromatic N) is 4. The van der Waals surface area contributed by atoms with Gasteiger partial charge in [-0.15, -0.1) is 5.10 Å². The number of nitrogens with one attached hydrogen (secondary N) is 2. The number of hydrogen-bond acceptors (Lipinski definition) is 7. The van der Waals surface area contributed by atoms with Crippen LogP contribution in [0, 0.1) is 6.92 Å². The van der Waals surface area contributed by atoms with Crippen LogP contribution >= 0.6 is 11.6 Å². The van der Waals surface area contributed by atoms with Gasteiger partial charge < -0.3 is 4.74 Å². The molecule has 14 heteroatoms. The molecule has 10 nitrogen and oxygen atoms in total. The average molecular weight is 501 g/mol. The third-order valence-electron chi connectivity index (χ3n) is 4.31. The lowest BCUT2D eigenvalue weighted by molar-refractivity contribution is -0.0143. The van der Waals surface area contributed by atoms with E-state index in [0.717, 1.165) is 6.26 Å². The van der Waals surface area contributed by atoms with Gasteiger partial charge >= 0.3 is 6.09 Å². The van der Waals surface area contributed by atoms with Crippen LogP contribution in [0.25, 0.3) is 11.4 Å². The Balaban J connectivity index is 1.84. The smallest absolute Gasteiger partial charge is 0.413 e. The number of amides is 1. The van der Waals surface area contributed by atoms with Gasteiger partial charge in [0.2, 0.25) is 10.0 Å². The number of pyridine rings is 1. The minimum absolute atomic E-state index is 0.0299. The quantitative estimate of drug-likeness (QED) is 0.505. The van der Waals surface area contributed by atoms with Gasteiger partial charge in [0.1, 0.15) is 0 Å². The van der Waals surface area contributed by atoms with Gasteiger partial charge in [-0.25, -0.2) is 31.7 Å². The Hall–Kier alpha value is -3.32. The second-order valence-corrected chi connectivity index (χ2v) is 9.14. The predicted molar refractivity (Wildman–Crippen MR) is 118 cm³/mol. The zero-order valence-electron chi connectivity index (χ0n) is 17.6. The number of sulfonamides is 1. The second-order valence-electron chi connectivity index (χ2n) is 6.95. The molecule has 33 heavy (non-hydrogen) atoms. The minimum atomic E-state index is -3.51. The molecule has 3 aromatic rings. The molecular formula is C19H19ClF2N6O4S. The molecule has 0 saturated heterocycles. The normalized spacial score (nSPS) is 12.5. The molecule has 2 heterocycles. The standard InChI is InChI=1S/C19H19ClF2N6O4S/c1-10-13(26-33(3,30)31)7-8-14(23-10)15-18(28(2)27-25-15)24-19(29)32-16(17(21)22)11-5-4-6-12(20)9-11/h4-9,16-17,26H,1-3H3,(H,24,29)/t16-/m0/s1. The van der Waals surface area contributed by atoms with Crippen LogP contribution in [0.3, 0.4) is 0 Å². The summed E-state index contributed by atoms with van der Waals surface area (Å²) in [7, 11) is -2.03. The largest absolute Gasteiger partial charge is 0.435 e. The molecule has 0 radical (unpaired) electrons. The van der Waals surface area contributed by atoms with Crippen molar-refractivity contribution in [1.82, 2.24) is 20.0 Å². The van der Waals surface area contributed by atoms with Crippen molar-refractivity contribution in [2.45, 2.75) is 19.5 Å². The number of benzene rings is 1. The van der Waals surface area contributed by atoms with Crippen LogP contribution < -0.4 is 10.0 Å². The molecule has 0 aliphatic carbocycles. The molecule has 0 unspecified atom stereocenters. The first-order chi connectivity index (χ1) is 15.4. The Morgan fingerprint density at radius 2 is 1.97 bits per heavy atom. The van der Waals surface area contributed by atoms with E-state index in [2.05, 4.69) is 25.3 Å². The fourth-order valence-corrected chi connectivity index (χ4v) is 3.67. The summed E-state index contributed by atoms with van der Waals surface area (Å²) in [4.78, 5) is 16.7. The molecule has 0 aliphatic rings. The minimum Gasteiger partial charge on any atom is -0.435 e. The number of ether oxygens (including phenoxy) is 1. The number of hydrogen-bond donors (Lipinski definition) is 2. The third kappa shape index (κ3) is 6.14. The van der Waals surface area contributed by atoms with Crippen molar-refractivity contribution < 1.29 is 26.7 Å². The molecule has 1 atom stereocenters. The lowest BCUT2D eigenvalue weighted by atomic mass is 10.1. The van der Waals surface area contributed by atoms with E-state index in [1.165, 1.54) is 48.1 Å². The van der Waals surface area contributed by atoms with Crippen LogP contribution in [-0.4, -0.2) is 47.2 Å². The van der Waals surface area contributed by atoms with E-state index < -0.39 is 28.6 Å². The van der Waals surface area contributed by atoms with E-state index in [9.17, 15) is 22.0 Å². The number of anilines is 2. The molecular weight excluding hydrogens is 482 g/mol. The summed E-state index contributed by atoms with van der Waals surface area (Å²) in [6.45, 7) is 1.58. The van der Waals surface area contributed by atoms with Crippen molar-refractivity contribution >= 4 is 39.2 Å². The topological polar surface area (TPSA) is 128 Å². The number of aryl methyl sites for hydroxylation is 2. The number of alkyl halides is 2. The number of halogens is 3. The molecule has 2 aromatic heterocycles. The Morgan fingerprint density at radius 3 is 2.58 bits per heavy atom. The average Bonchev–Trinajstić information content (AvgIpc) is 3.07. The SMILES string of the molecule is Cc1nc(-c2nnn(C)c2NC(=O)O[C@@H](c2cccc(Cl)c2)C(F)F)ccc1NS(C)(=O)=O. The highest BCUT2D eigenvalue weighted by Crippen LogP contribution is 2.29. The molecule has 1 amide bonds. The van der Waals surface area contributed by atoms with Gasteiger partial charge in [-0.05, 0) is 36.8 Å². The van der Waals surface area contributed by atoms with Crippen LogP contribution in [0.5, 0.6) is 0 Å². The van der Waals surface area contributed by atoms with Gasteiger partial charge in [0.05, 0.1) is 23.3 Å². The third-order valence-corrected chi connectivity index (χ3v) is 5.14. The summed E-state index contributed by atoms with van der Waals surface area (Å²) < 4.78 is 58.5. The van der Waals surface area contributed by atoms with Crippen LogP contribution in [0.2, 0.25) is 5.02 Å². The fourth-order valence-electron chi connectivity index (χ4n) is 2.86. The van der Waals surface area contributed by atoms with E-state index in [4.69, 9.17) is 16.3 Å². The zero-order valence-corrected chi connectivity index (χ0v) is 19.2. The van der Waals surface area contributed by atoms with Gasteiger partial charge in [0.25, 0.3) is 6.43 Å². The summed E-state index contributed by atoms with van der Waals surface area (Å²) in [5.41, 5.74) is 1.02. The molecule has 0 saturated carbocycles. The van der Waals surface area contributed by atoms with E-state index in [-0.39, 0.29) is 33.5 Å². The highest BCUT2D eigenvalue weighted by atomic mass is 35.5. The summed E-state index contributed by atoms with van der Waals surface area (Å²) in [6, 6.07) is 8.56. The molecule has 0 bridgehead atoms. The maximum Gasteiger partial charge on any atom is 0.413 e. The van der Waals surface area contributed by atoms with Gasteiger partial charge in [-0.2, -0.15) is 0 Å². The highest BCUT2D eigenvalue weighted by Gasteiger charge is 2.28. The molecule has 2 N–H and O–H groups in total. The Morgan fingerprint density at radius 1 is 1.24 bits per heavy atom. The van der Waals surface area contributed by atoms with E-state index in [0.29, 0.717) is 5.69 Å². The number of aromatic nitrogens is 4. The van der Waals surface area contributed by atoms with Gasteiger partial charge in [-0.3, -0.25) is 10.0 Å². The Kier molecular flexibility index (Phi) is 7.12. The number of carbonyl (C=O) groups is 1. The molecule has 0 aliphatic heterocycles. The predicted octanol–water partition coefficient (Wildman–Crippen LogP) is 3.77. The van der Waals surface area contributed by atoms with Crippen molar-refractivity contribution in [2.24, 2.45) is 7.05 Å². The first kappa shape index (κ1) is 24.3.